The SMILES string of the molecule is C[N+](C)(C)CCOC(=O)c1ccc2nc(-c3cc(Cl)cc(Cl)c3)oc2c1.[Cl-]. The number of rotatable bonds is 5. The van der Waals surface area contributed by atoms with Crippen LogP contribution in [0.15, 0.2) is 40.8 Å². The highest BCUT2D eigenvalue weighted by molar-refractivity contribution is 6.35. The number of carbonyl (C=O) groups excluding carboxylic acids is 1. The van der Waals surface area contributed by atoms with Crippen LogP contribution >= 0.6 is 23.2 Å². The summed E-state index contributed by atoms with van der Waals surface area (Å²) in [6, 6.07) is 10.1. The second kappa shape index (κ2) is 8.48. The first-order chi connectivity index (χ1) is 12.2. The van der Waals surface area contributed by atoms with Crippen LogP contribution in [0.1, 0.15) is 10.4 Å². The molecule has 3 rings (SSSR count). The monoisotopic (exact) mass is 428 g/mol. The van der Waals surface area contributed by atoms with Crippen LogP contribution in [0.4, 0.5) is 0 Å². The van der Waals surface area contributed by atoms with Gasteiger partial charge in [-0.1, -0.05) is 23.2 Å². The molecule has 5 nitrogen and oxygen atoms in total. The molecule has 0 saturated carbocycles. The highest BCUT2D eigenvalue weighted by atomic mass is 35.5. The fourth-order valence-corrected chi connectivity index (χ4v) is 2.87. The molecule has 1 aromatic heterocycles. The number of esters is 1. The third-order valence-electron chi connectivity index (χ3n) is 3.73. The maximum absolute atomic E-state index is 12.2. The first kappa shape index (κ1) is 21.5. The van der Waals surface area contributed by atoms with Crippen molar-refractivity contribution in [1.82, 2.24) is 4.98 Å². The molecule has 3 aromatic rings. The number of oxazole rings is 1. The highest BCUT2D eigenvalue weighted by Gasteiger charge is 2.15. The number of carbonyl (C=O) groups is 1. The van der Waals surface area contributed by atoms with Crippen molar-refractivity contribution in [3.05, 3.63) is 52.0 Å². The van der Waals surface area contributed by atoms with E-state index in [1.807, 2.05) is 21.1 Å². The number of hydrogen-bond acceptors (Lipinski definition) is 4. The van der Waals surface area contributed by atoms with Gasteiger partial charge in [-0.2, -0.15) is 0 Å². The van der Waals surface area contributed by atoms with Gasteiger partial charge in [-0.25, -0.2) is 9.78 Å². The van der Waals surface area contributed by atoms with Crippen molar-refractivity contribution in [1.29, 1.82) is 0 Å². The fourth-order valence-electron chi connectivity index (χ4n) is 2.35. The molecular weight excluding hydrogens is 411 g/mol. The maximum Gasteiger partial charge on any atom is 0.338 e. The second-order valence-electron chi connectivity index (χ2n) is 7.01. The van der Waals surface area contributed by atoms with Crippen LogP contribution in [0.5, 0.6) is 0 Å². The minimum absolute atomic E-state index is 0. The average Bonchev–Trinajstić information content (AvgIpc) is 2.95. The third-order valence-corrected chi connectivity index (χ3v) is 4.17. The number of ether oxygens (including phenoxy) is 1. The van der Waals surface area contributed by atoms with Gasteiger partial charge in [0.25, 0.3) is 0 Å². The molecule has 27 heavy (non-hydrogen) atoms. The van der Waals surface area contributed by atoms with Crippen molar-refractivity contribution in [3.8, 4) is 11.5 Å². The van der Waals surface area contributed by atoms with Crippen LogP contribution < -0.4 is 12.4 Å². The Morgan fingerprint density at radius 3 is 2.41 bits per heavy atom. The number of likely N-dealkylation sites (N-methyl/N-ethyl adjacent to an activating group) is 1. The average molecular weight is 430 g/mol. The number of hydrogen-bond donors (Lipinski definition) is 0. The van der Waals surface area contributed by atoms with Crippen LogP contribution in [0.2, 0.25) is 10.0 Å². The number of halogens is 3. The lowest BCUT2D eigenvalue weighted by Crippen LogP contribution is -3.00. The first-order valence-electron chi connectivity index (χ1n) is 8.06. The van der Waals surface area contributed by atoms with Gasteiger partial charge in [0.15, 0.2) is 5.58 Å². The van der Waals surface area contributed by atoms with Gasteiger partial charge in [0, 0.05) is 15.6 Å². The van der Waals surface area contributed by atoms with E-state index in [4.69, 9.17) is 32.4 Å². The van der Waals surface area contributed by atoms with Crippen molar-refractivity contribution >= 4 is 40.3 Å². The van der Waals surface area contributed by atoms with Crippen molar-refractivity contribution < 1.29 is 30.8 Å². The molecule has 0 unspecified atom stereocenters. The zero-order valence-corrected chi connectivity index (χ0v) is 17.4. The van der Waals surface area contributed by atoms with E-state index in [-0.39, 0.29) is 18.4 Å². The summed E-state index contributed by atoms with van der Waals surface area (Å²) >= 11 is 12.1. The Morgan fingerprint density at radius 2 is 1.78 bits per heavy atom. The van der Waals surface area contributed by atoms with Gasteiger partial charge in [0.2, 0.25) is 5.89 Å². The topological polar surface area (TPSA) is 52.3 Å². The number of benzene rings is 2. The quantitative estimate of drug-likeness (QED) is 0.457. The van der Waals surface area contributed by atoms with Gasteiger partial charge >= 0.3 is 5.97 Å². The summed E-state index contributed by atoms with van der Waals surface area (Å²) in [5.74, 6) is 0.00375. The minimum Gasteiger partial charge on any atom is -1.00 e. The van der Waals surface area contributed by atoms with E-state index in [0.717, 1.165) is 11.0 Å². The Balaban J connectivity index is 0.00000261. The van der Waals surface area contributed by atoms with E-state index in [2.05, 4.69) is 4.98 Å². The van der Waals surface area contributed by atoms with Gasteiger partial charge < -0.3 is 26.0 Å². The summed E-state index contributed by atoms with van der Waals surface area (Å²) in [6.07, 6.45) is 0. The van der Waals surface area contributed by atoms with E-state index >= 15 is 0 Å². The van der Waals surface area contributed by atoms with Crippen molar-refractivity contribution in [2.45, 2.75) is 0 Å². The van der Waals surface area contributed by atoms with Crippen LogP contribution in [0.3, 0.4) is 0 Å². The van der Waals surface area contributed by atoms with Crippen molar-refractivity contribution in [3.63, 3.8) is 0 Å². The molecule has 1 heterocycles. The fraction of sp³-hybridized carbons (Fsp3) is 0.263. The van der Waals surface area contributed by atoms with E-state index in [1.54, 1.807) is 36.4 Å². The summed E-state index contributed by atoms with van der Waals surface area (Å²) in [5.41, 5.74) is 2.23. The third kappa shape index (κ3) is 5.59. The Hall–Kier alpha value is -1.79. The van der Waals surface area contributed by atoms with Crippen LogP contribution in [0, 0.1) is 0 Å². The molecule has 0 amide bonds. The lowest BCUT2D eigenvalue weighted by atomic mass is 10.2. The molecule has 0 fully saturated rings. The van der Waals surface area contributed by atoms with E-state index in [0.29, 0.717) is 44.8 Å². The van der Waals surface area contributed by atoms with Gasteiger partial charge in [-0.15, -0.1) is 0 Å². The summed E-state index contributed by atoms with van der Waals surface area (Å²) in [6.45, 7) is 1.08. The van der Waals surface area contributed by atoms with Crippen LogP contribution in [-0.4, -0.2) is 49.7 Å². The molecule has 144 valence electrons. The molecule has 0 aliphatic rings. The van der Waals surface area contributed by atoms with E-state index in [9.17, 15) is 4.79 Å². The van der Waals surface area contributed by atoms with E-state index < -0.39 is 0 Å². The Morgan fingerprint density at radius 1 is 1.11 bits per heavy atom. The standard InChI is InChI=1S/C19H19Cl2N2O3.ClH/c1-23(2,3)6-7-25-19(24)12-4-5-16-17(10-12)26-18(22-16)13-8-14(20)11-15(21)9-13;/h4-5,8-11H,6-7H2,1-3H3;1H/q+1;/p-1. The number of fused-ring (bicyclic) bond motifs is 1. The maximum atomic E-state index is 12.2. The van der Waals surface area contributed by atoms with Gasteiger partial charge in [0.05, 0.1) is 26.7 Å². The molecule has 0 aliphatic carbocycles. The second-order valence-corrected chi connectivity index (χ2v) is 7.88. The molecule has 0 radical (unpaired) electrons. The molecule has 0 aliphatic heterocycles. The molecule has 0 saturated heterocycles. The number of aromatic nitrogens is 1. The summed E-state index contributed by atoms with van der Waals surface area (Å²) in [7, 11) is 6.12. The molecule has 0 bridgehead atoms. The molecule has 0 spiro atoms. The minimum atomic E-state index is -0.385. The smallest absolute Gasteiger partial charge is 0.338 e. The van der Waals surface area contributed by atoms with E-state index in [1.165, 1.54) is 0 Å². The predicted molar refractivity (Wildman–Crippen MR) is 103 cm³/mol. The Labute approximate surface area is 173 Å². The number of nitrogens with zero attached hydrogens (tertiary/aromatic N) is 2. The summed E-state index contributed by atoms with van der Waals surface area (Å²) in [4.78, 5) is 16.6. The Kier molecular flexibility index (Phi) is 6.76. The zero-order chi connectivity index (χ0) is 18.9. The van der Waals surface area contributed by atoms with Crippen LogP contribution in [0.25, 0.3) is 22.6 Å². The largest absolute Gasteiger partial charge is 1.00 e. The summed E-state index contributed by atoms with van der Waals surface area (Å²) in [5, 5.41) is 0.993. The first-order valence-corrected chi connectivity index (χ1v) is 8.81. The Bertz CT molecular complexity index is 944. The van der Waals surface area contributed by atoms with Crippen molar-refractivity contribution in [2.75, 3.05) is 34.3 Å². The number of quaternary nitrogens is 1. The molecule has 0 N–H and O–H groups in total. The molecule has 8 heteroatoms. The molecular formula is C19H19Cl3N2O3. The predicted octanol–water partition coefficient (Wildman–Crippen LogP) is 1.67. The van der Waals surface area contributed by atoms with Gasteiger partial charge in [-0.05, 0) is 36.4 Å². The zero-order valence-electron chi connectivity index (χ0n) is 15.1. The molecule has 2 aromatic carbocycles. The van der Waals surface area contributed by atoms with Crippen LogP contribution in [-0.2, 0) is 4.74 Å². The normalized spacial score (nSPS) is 11.3. The lowest BCUT2D eigenvalue weighted by molar-refractivity contribution is -0.870. The lowest BCUT2D eigenvalue weighted by Gasteiger charge is -2.23. The summed E-state index contributed by atoms with van der Waals surface area (Å²) < 4.78 is 11.8. The molecule has 0 atom stereocenters. The van der Waals surface area contributed by atoms with Gasteiger partial charge in [-0.3, -0.25) is 0 Å². The highest BCUT2D eigenvalue weighted by Crippen LogP contribution is 2.29. The van der Waals surface area contributed by atoms with Gasteiger partial charge in [0.1, 0.15) is 18.7 Å². The van der Waals surface area contributed by atoms with Crippen molar-refractivity contribution in [2.24, 2.45) is 0 Å².